The first-order valence-corrected chi connectivity index (χ1v) is 13.9. The van der Waals surface area contributed by atoms with Gasteiger partial charge < -0.3 is 14.6 Å². The Labute approximate surface area is 213 Å². The standard InChI is InChI=1S/C23H27ClN4O5S2/c1-5-33-22(30)19-13(2)27(4)14(3)20(19)35(31,32)28-10-6-7-15(12-28)21(29)26-23-25-17-9-8-16(24)11-18(17)34-23/h8-9,11,15H,5-7,10,12H2,1-4H3,(H,25,26,29)/t15-/m0/s1. The Hall–Kier alpha value is -2.47. The molecule has 1 amide bonds. The number of amides is 1. The Kier molecular flexibility index (Phi) is 7.23. The summed E-state index contributed by atoms with van der Waals surface area (Å²) in [4.78, 5) is 30.1. The Balaban J connectivity index is 1.58. The zero-order chi connectivity index (χ0) is 25.5. The Morgan fingerprint density at radius 3 is 2.74 bits per heavy atom. The van der Waals surface area contributed by atoms with E-state index in [0.29, 0.717) is 34.4 Å². The molecule has 0 aliphatic carbocycles. The van der Waals surface area contributed by atoms with E-state index in [1.165, 1.54) is 15.6 Å². The molecule has 0 radical (unpaired) electrons. The van der Waals surface area contributed by atoms with Crippen molar-refractivity contribution < 1.29 is 22.7 Å². The number of hydrogen-bond acceptors (Lipinski definition) is 7. The zero-order valence-corrected chi connectivity index (χ0v) is 22.3. The highest BCUT2D eigenvalue weighted by molar-refractivity contribution is 7.89. The number of carbonyl (C=O) groups is 2. The molecule has 12 heteroatoms. The number of anilines is 1. The molecule has 3 heterocycles. The molecule has 1 aromatic carbocycles. The van der Waals surface area contributed by atoms with Gasteiger partial charge in [-0.1, -0.05) is 22.9 Å². The van der Waals surface area contributed by atoms with E-state index < -0.39 is 21.9 Å². The minimum Gasteiger partial charge on any atom is -0.462 e. The largest absolute Gasteiger partial charge is 0.462 e. The van der Waals surface area contributed by atoms with Crippen LogP contribution in [-0.2, 0) is 26.6 Å². The molecule has 2 aromatic heterocycles. The summed E-state index contributed by atoms with van der Waals surface area (Å²) in [5.41, 5.74) is 1.74. The summed E-state index contributed by atoms with van der Waals surface area (Å²) in [6.07, 6.45) is 1.07. The number of hydrogen-bond donors (Lipinski definition) is 1. The molecule has 4 rings (SSSR count). The SMILES string of the molecule is CCOC(=O)c1c(S(=O)(=O)N2CCC[C@H](C(=O)Nc3nc4ccc(Cl)cc4s3)C2)c(C)n(C)c1C. The average molecular weight is 539 g/mol. The maximum atomic E-state index is 13.7. The molecular weight excluding hydrogens is 512 g/mol. The molecule has 1 N–H and O–H groups in total. The Morgan fingerprint density at radius 2 is 2.03 bits per heavy atom. The van der Waals surface area contributed by atoms with Crippen LogP contribution in [0, 0.1) is 19.8 Å². The number of aromatic nitrogens is 2. The highest BCUT2D eigenvalue weighted by atomic mass is 35.5. The van der Waals surface area contributed by atoms with Crippen molar-refractivity contribution in [2.75, 3.05) is 25.0 Å². The fourth-order valence-corrected chi connectivity index (χ4v) is 7.49. The Morgan fingerprint density at radius 1 is 1.29 bits per heavy atom. The fraction of sp³-hybridized carbons (Fsp3) is 0.435. The molecule has 0 unspecified atom stereocenters. The number of nitrogens with zero attached hydrogens (tertiary/aromatic N) is 3. The summed E-state index contributed by atoms with van der Waals surface area (Å²) in [5.74, 6) is -1.51. The quantitative estimate of drug-likeness (QED) is 0.473. The third-order valence-electron chi connectivity index (χ3n) is 6.34. The lowest BCUT2D eigenvalue weighted by Crippen LogP contribution is -2.44. The first kappa shape index (κ1) is 25.6. The summed E-state index contributed by atoms with van der Waals surface area (Å²) in [6.45, 7) is 5.44. The van der Waals surface area contributed by atoms with Crippen LogP contribution in [0.25, 0.3) is 10.2 Å². The summed E-state index contributed by atoms with van der Waals surface area (Å²) in [6, 6.07) is 5.30. The number of sulfonamides is 1. The van der Waals surface area contributed by atoms with Gasteiger partial charge in [0.2, 0.25) is 15.9 Å². The molecule has 0 spiro atoms. The van der Waals surface area contributed by atoms with Gasteiger partial charge in [-0.25, -0.2) is 18.2 Å². The van der Waals surface area contributed by atoms with E-state index in [-0.39, 0.29) is 36.1 Å². The number of nitrogens with one attached hydrogen (secondary N) is 1. The first-order valence-electron chi connectivity index (χ1n) is 11.2. The van der Waals surface area contributed by atoms with Crippen LogP contribution in [0.3, 0.4) is 0 Å². The first-order chi connectivity index (χ1) is 16.5. The number of carbonyl (C=O) groups excluding carboxylic acids is 2. The lowest BCUT2D eigenvalue weighted by Gasteiger charge is -2.31. The van der Waals surface area contributed by atoms with Crippen molar-refractivity contribution in [2.45, 2.75) is 38.5 Å². The van der Waals surface area contributed by atoms with Crippen LogP contribution in [0.1, 0.15) is 41.5 Å². The van der Waals surface area contributed by atoms with E-state index in [2.05, 4.69) is 10.3 Å². The van der Waals surface area contributed by atoms with Crippen molar-refractivity contribution in [2.24, 2.45) is 13.0 Å². The molecule has 1 saturated heterocycles. The van der Waals surface area contributed by atoms with Gasteiger partial charge in [0.05, 0.1) is 22.7 Å². The van der Waals surface area contributed by atoms with Gasteiger partial charge in [0.25, 0.3) is 0 Å². The van der Waals surface area contributed by atoms with Crippen LogP contribution in [0.5, 0.6) is 0 Å². The molecule has 35 heavy (non-hydrogen) atoms. The van der Waals surface area contributed by atoms with E-state index in [9.17, 15) is 18.0 Å². The number of esters is 1. The molecule has 1 atom stereocenters. The molecule has 0 saturated carbocycles. The second kappa shape index (κ2) is 9.88. The van der Waals surface area contributed by atoms with Crippen LogP contribution in [0.2, 0.25) is 5.02 Å². The number of piperidine rings is 1. The van der Waals surface area contributed by atoms with Crippen LogP contribution >= 0.6 is 22.9 Å². The molecule has 3 aromatic rings. The van der Waals surface area contributed by atoms with Crippen molar-refractivity contribution in [3.05, 3.63) is 40.2 Å². The van der Waals surface area contributed by atoms with Gasteiger partial charge in [0.15, 0.2) is 5.13 Å². The van der Waals surface area contributed by atoms with Gasteiger partial charge in [-0.05, 0) is 51.8 Å². The zero-order valence-electron chi connectivity index (χ0n) is 19.9. The molecule has 1 aliphatic heterocycles. The number of thiazole rings is 1. The molecule has 1 aliphatic rings. The number of rotatable bonds is 6. The Bertz CT molecular complexity index is 1410. The van der Waals surface area contributed by atoms with E-state index in [1.807, 2.05) is 0 Å². The van der Waals surface area contributed by atoms with Crippen molar-refractivity contribution in [1.82, 2.24) is 13.9 Å². The molecule has 188 valence electrons. The topological polar surface area (TPSA) is 111 Å². The minimum absolute atomic E-state index is 0.0144. The normalized spacial score (nSPS) is 17.0. The van der Waals surface area contributed by atoms with Crippen molar-refractivity contribution in [3.8, 4) is 0 Å². The predicted octanol–water partition coefficient (Wildman–Crippen LogP) is 4.12. The van der Waals surface area contributed by atoms with Crippen LogP contribution < -0.4 is 5.32 Å². The highest BCUT2D eigenvalue weighted by Gasteiger charge is 2.39. The van der Waals surface area contributed by atoms with Crippen LogP contribution in [0.4, 0.5) is 5.13 Å². The smallest absolute Gasteiger partial charge is 0.341 e. The third kappa shape index (κ3) is 4.82. The van der Waals surface area contributed by atoms with Gasteiger partial charge in [-0.3, -0.25) is 4.79 Å². The van der Waals surface area contributed by atoms with Crippen molar-refractivity contribution >= 4 is 60.2 Å². The minimum atomic E-state index is -4.05. The number of benzene rings is 1. The lowest BCUT2D eigenvalue weighted by atomic mass is 9.99. The maximum absolute atomic E-state index is 13.7. The monoisotopic (exact) mass is 538 g/mol. The lowest BCUT2D eigenvalue weighted by molar-refractivity contribution is -0.120. The van der Waals surface area contributed by atoms with Gasteiger partial charge in [0, 0.05) is 36.5 Å². The predicted molar refractivity (Wildman–Crippen MR) is 136 cm³/mol. The van der Waals surface area contributed by atoms with Crippen LogP contribution in [-0.4, -0.2) is 53.8 Å². The van der Waals surface area contributed by atoms with Gasteiger partial charge in [-0.2, -0.15) is 4.31 Å². The van der Waals surface area contributed by atoms with E-state index in [4.69, 9.17) is 16.3 Å². The molecule has 9 nitrogen and oxygen atoms in total. The van der Waals surface area contributed by atoms with Crippen LogP contribution in [0.15, 0.2) is 23.1 Å². The third-order valence-corrected chi connectivity index (χ3v) is 9.53. The number of halogens is 1. The summed E-state index contributed by atoms with van der Waals surface area (Å²) < 4.78 is 36.4. The summed E-state index contributed by atoms with van der Waals surface area (Å²) >= 11 is 7.34. The molecular formula is C23H27ClN4O5S2. The average Bonchev–Trinajstić information content (AvgIpc) is 3.32. The van der Waals surface area contributed by atoms with Gasteiger partial charge in [-0.15, -0.1) is 0 Å². The van der Waals surface area contributed by atoms with E-state index in [1.54, 1.807) is 50.6 Å². The maximum Gasteiger partial charge on any atom is 0.341 e. The van der Waals surface area contributed by atoms with E-state index >= 15 is 0 Å². The fourth-order valence-electron chi connectivity index (χ4n) is 4.34. The molecule has 1 fully saturated rings. The van der Waals surface area contributed by atoms with Gasteiger partial charge in [0.1, 0.15) is 10.5 Å². The molecule has 0 bridgehead atoms. The highest BCUT2D eigenvalue weighted by Crippen LogP contribution is 2.33. The summed E-state index contributed by atoms with van der Waals surface area (Å²) in [7, 11) is -2.34. The van der Waals surface area contributed by atoms with E-state index in [0.717, 1.165) is 10.2 Å². The second-order valence-electron chi connectivity index (χ2n) is 8.48. The van der Waals surface area contributed by atoms with Crippen molar-refractivity contribution in [3.63, 3.8) is 0 Å². The van der Waals surface area contributed by atoms with Crippen molar-refractivity contribution in [1.29, 1.82) is 0 Å². The second-order valence-corrected chi connectivity index (χ2v) is 11.8. The summed E-state index contributed by atoms with van der Waals surface area (Å²) in [5, 5.41) is 3.85. The number of fused-ring (bicyclic) bond motifs is 1. The number of ether oxygens (including phenoxy) is 1. The van der Waals surface area contributed by atoms with Gasteiger partial charge >= 0.3 is 5.97 Å².